The number of carbonyl (C=O) groups excluding carboxylic acids is 3. The monoisotopic (exact) mass is 400 g/mol. The van der Waals surface area contributed by atoms with E-state index in [4.69, 9.17) is 0 Å². The maximum atomic E-state index is 12.6. The zero-order valence-electron chi connectivity index (χ0n) is 16.2. The first-order valence-electron chi connectivity index (χ1n) is 9.14. The fourth-order valence-corrected chi connectivity index (χ4v) is 3.91. The van der Waals surface area contributed by atoms with Crippen LogP contribution in [0, 0.1) is 6.92 Å². The van der Waals surface area contributed by atoms with Crippen molar-refractivity contribution in [3.8, 4) is 0 Å². The zero-order chi connectivity index (χ0) is 20.3. The number of nitrogens with zero attached hydrogens (tertiary/aromatic N) is 2. The van der Waals surface area contributed by atoms with Crippen molar-refractivity contribution >= 4 is 29.2 Å². The summed E-state index contributed by atoms with van der Waals surface area (Å²) in [4.78, 5) is 42.4. The predicted octanol–water partition coefficient (Wildman–Crippen LogP) is 2.57. The van der Waals surface area contributed by atoms with E-state index in [-0.39, 0.29) is 30.8 Å². The van der Waals surface area contributed by atoms with Gasteiger partial charge in [-0.2, -0.15) is 11.3 Å². The molecule has 28 heavy (non-hydrogen) atoms. The number of urea groups is 1. The molecule has 1 aliphatic heterocycles. The third kappa shape index (κ3) is 4.39. The van der Waals surface area contributed by atoms with Crippen LogP contribution in [0.15, 0.2) is 35.2 Å². The van der Waals surface area contributed by atoms with Crippen LogP contribution in [-0.4, -0.2) is 39.8 Å². The van der Waals surface area contributed by atoms with E-state index in [0.717, 1.165) is 21.7 Å². The second-order valence-corrected chi connectivity index (χ2v) is 8.20. The van der Waals surface area contributed by atoms with Crippen molar-refractivity contribution in [3.63, 3.8) is 0 Å². The van der Waals surface area contributed by atoms with Crippen molar-refractivity contribution in [3.05, 3.63) is 52.0 Å². The molecular weight excluding hydrogens is 376 g/mol. The summed E-state index contributed by atoms with van der Waals surface area (Å²) in [6.07, 6.45) is 2.38. The van der Waals surface area contributed by atoms with E-state index in [2.05, 4.69) is 15.6 Å². The van der Waals surface area contributed by atoms with E-state index in [1.165, 1.54) is 0 Å². The van der Waals surface area contributed by atoms with Crippen LogP contribution < -0.4 is 10.6 Å². The van der Waals surface area contributed by atoms with Crippen molar-refractivity contribution in [2.45, 2.75) is 45.2 Å². The Morgan fingerprint density at radius 3 is 2.75 bits per heavy atom. The lowest BCUT2D eigenvalue weighted by Crippen LogP contribution is -2.41. The van der Waals surface area contributed by atoms with E-state index >= 15 is 0 Å². The number of nitrogens with one attached hydrogen (secondary N) is 2. The molecule has 0 saturated carbocycles. The minimum absolute atomic E-state index is 0.0429. The van der Waals surface area contributed by atoms with Gasteiger partial charge in [0.2, 0.25) is 5.91 Å². The Balaban J connectivity index is 1.67. The molecule has 1 atom stereocenters. The van der Waals surface area contributed by atoms with Crippen LogP contribution in [0.1, 0.15) is 43.1 Å². The zero-order valence-corrected chi connectivity index (χ0v) is 17.0. The van der Waals surface area contributed by atoms with Gasteiger partial charge in [0.25, 0.3) is 5.91 Å². The van der Waals surface area contributed by atoms with E-state index < -0.39 is 11.6 Å². The lowest BCUT2D eigenvalue weighted by atomic mass is 10.0. The van der Waals surface area contributed by atoms with E-state index in [1.807, 2.05) is 35.9 Å². The molecule has 1 saturated heterocycles. The molecule has 8 heteroatoms. The first kappa shape index (κ1) is 20.0. The highest BCUT2D eigenvalue weighted by atomic mass is 32.1. The molecule has 1 fully saturated rings. The van der Waals surface area contributed by atoms with Gasteiger partial charge in [0.1, 0.15) is 5.54 Å². The standard InChI is InChI=1S/C20H24N4O3S/c1-13-5-4-8-21-17(13)15(11-14-7-10-28-12-14)22-16(25)6-9-24-18(26)20(2,3)23-19(24)27/h4-5,7-8,10,12,15H,6,9,11H2,1-3H3,(H,22,25)(H,23,27). The number of aryl methyl sites for hydroxylation is 1. The molecule has 3 heterocycles. The summed E-state index contributed by atoms with van der Waals surface area (Å²) in [5.74, 6) is -0.545. The van der Waals surface area contributed by atoms with E-state index in [1.54, 1.807) is 31.4 Å². The van der Waals surface area contributed by atoms with Crippen molar-refractivity contribution in [2.24, 2.45) is 0 Å². The number of imide groups is 1. The molecule has 3 rings (SSSR count). The molecular formula is C20H24N4O3S. The molecule has 2 aromatic heterocycles. The lowest BCUT2D eigenvalue weighted by Gasteiger charge is -2.21. The molecule has 0 radical (unpaired) electrons. The highest BCUT2D eigenvalue weighted by Crippen LogP contribution is 2.22. The molecule has 1 aliphatic rings. The van der Waals surface area contributed by atoms with Gasteiger partial charge in [-0.15, -0.1) is 0 Å². The van der Waals surface area contributed by atoms with Crippen molar-refractivity contribution in [1.29, 1.82) is 0 Å². The number of pyridine rings is 1. The SMILES string of the molecule is Cc1cccnc1C(Cc1ccsc1)NC(=O)CCN1C(=O)NC(C)(C)C1=O. The highest BCUT2D eigenvalue weighted by Gasteiger charge is 2.44. The molecule has 7 nitrogen and oxygen atoms in total. The Morgan fingerprint density at radius 2 is 2.14 bits per heavy atom. The van der Waals surface area contributed by atoms with Gasteiger partial charge in [-0.3, -0.25) is 19.5 Å². The summed E-state index contributed by atoms with van der Waals surface area (Å²) in [6, 6.07) is 5.12. The molecule has 2 aromatic rings. The van der Waals surface area contributed by atoms with Gasteiger partial charge >= 0.3 is 6.03 Å². The molecule has 0 aliphatic carbocycles. The summed E-state index contributed by atoms with van der Waals surface area (Å²) in [6.45, 7) is 5.30. The van der Waals surface area contributed by atoms with Crippen LogP contribution in [0.25, 0.3) is 0 Å². The van der Waals surface area contributed by atoms with Gasteiger partial charge in [0.15, 0.2) is 0 Å². The Bertz CT molecular complexity index is 879. The normalized spacial score (nSPS) is 16.8. The number of thiophene rings is 1. The largest absolute Gasteiger partial charge is 0.347 e. The lowest BCUT2D eigenvalue weighted by molar-refractivity contribution is -0.130. The minimum atomic E-state index is -0.930. The molecule has 4 amide bonds. The van der Waals surface area contributed by atoms with Crippen LogP contribution >= 0.6 is 11.3 Å². The maximum absolute atomic E-state index is 12.6. The molecule has 148 valence electrons. The van der Waals surface area contributed by atoms with Crippen molar-refractivity contribution < 1.29 is 14.4 Å². The van der Waals surface area contributed by atoms with Gasteiger partial charge in [0, 0.05) is 19.2 Å². The Kier molecular flexibility index (Phi) is 5.79. The van der Waals surface area contributed by atoms with Gasteiger partial charge in [-0.05, 0) is 61.2 Å². The van der Waals surface area contributed by atoms with E-state index in [0.29, 0.717) is 6.42 Å². The van der Waals surface area contributed by atoms with E-state index in [9.17, 15) is 14.4 Å². The molecule has 0 bridgehead atoms. The number of aromatic nitrogens is 1. The molecule has 0 aromatic carbocycles. The maximum Gasteiger partial charge on any atom is 0.325 e. The first-order chi connectivity index (χ1) is 13.3. The number of amides is 4. The predicted molar refractivity (Wildman–Crippen MR) is 107 cm³/mol. The quantitative estimate of drug-likeness (QED) is 0.699. The van der Waals surface area contributed by atoms with Gasteiger partial charge in [-0.25, -0.2) is 4.79 Å². The number of hydrogen-bond donors (Lipinski definition) is 2. The Hall–Kier alpha value is -2.74. The van der Waals surface area contributed by atoms with Crippen LogP contribution in [0.3, 0.4) is 0 Å². The van der Waals surface area contributed by atoms with Crippen LogP contribution in [-0.2, 0) is 16.0 Å². The minimum Gasteiger partial charge on any atom is -0.347 e. The summed E-state index contributed by atoms with van der Waals surface area (Å²) in [5, 5.41) is 9.68. The van der Waals surface area contributed by atoms with Gasteiger partial charge in [0.05, 0.1) is 11.7 Å². The van der Waals surface area contributed by atoms with Crippen molar-refractivity contribution in [2.75, 3.05) is 6.54 Å². The number of carbonyl (C=O) groups is 3. The third-order valence-corrected chi connectivity index (χ3v) is 5.47. The average Bonchev–Trinajstić information content (AvgIpc) is 3.20. The Labute approximate surface area is 168 Å². The second kappa shape index (κ2) is 8.10. The summed E-state index contributed by atoms with van der Waals surface area (Å²) >= 11 is 1.61. The molecule has 2 N–H and O–H groups in total. The fourth-order valence-electron chi connectivity index (χ4n) is 3.22. The van der Waals surface area contributed by atoms with Gasteiger partial charge < -0.3 is 10.6 Å². The highest BCUT2D eigenvalue weighted by molar-refractivity contribution is 7.07. The first-order valence-corrected chi connectivity index (χ1v) is 10.1. The molecule has 0 spiro atoms. The summed E-state index contributed by atoms with van der Waals surface area (Å²) in [5.41, 5.74) is 2.01. The van der Waals surface area contributed by atoms with Crippen LogP contribution in [0.2, 0.25) is 0 Å². The third-order valence-electron chi connectivity index (χ3n) is 4.74. The van der Waals surface area contributed by atoms with Crippen LogP contribution in [0.4, 0.5) is 4.79 Å². The van der Waals surface area contributed by atoms with Crippen molar-refractivity contribution in [1.82, 2.24) is 20.5 Å². The smallest absolute Gasteiger partial charge is 0.325 e. The Morgan fingerprint density at radius 1 is 1.36 bits per heavy atom. The average molecular weight is 401 g/mol. The number of rotatable bonds is 7. The topological polar surface area (TPSA) is 91.4 Å². The van der Waals surface area contributed by atoms with Crippen LogP contribution in [0.5, 0.6) is 0 Å². The summed E-state index contributed by atoms with van der Waals surface area (Å²) < 4.78 is 0. The fraction of sp³-hybridized carbons (Fsp3) is 0.400. The number of hydrogen-bond acceptors (Lipinski definition) is 5. The molecule has 1 unspecified atom stereocenters. The van der Waals surface area contributed by atoms with Gasteiger partial charge in [-0.1, -0.05) is 6.07 Å². The second-order valence-electron chi connectivity index (χ2n) is 7.42. The summed E-state index contributed by atoms with van der Waals surface area (Å²) in [7, 11) is 0.